The minimum atomic E-state index is -4.52. The summed E-state index contributed by atoms with van der Waals surface area (Å²) in [6.07, 6.45) is -3.66. The van der Waals surface area contributed by atoms with Crippen molar-refractivity contribution in [1.82, 2.24) is 14.7 Å². The number of alkyl halides is 3. The van der Waals surface area contributed by atoms with Crippen LogP contribution in [-0.4, -0.2) is 46.6 Å². The van der Waals surface area contributed by atoms with Gasteiger partial charge in [0.1, 0.15) is 5.82 Å². The lowest BCUT2D eigenvalue weighted by atomic mass is 10.2. The van der Waals surface area contributed by atoms with E-state index in [1.54, 1.807) is 23.0 Å². The summed E-state index contributed by atoms with van der Waals surface area (Å²) in [4.78, 5) is 13.0. The Morgan fingerprint density at radius 1 is 1.15 bits per heavy atom. The summed E-state index contributed by atoms with van der Waals surface area (Å²) in [5, 5.41) is 4.50. The second-order valence-corrected chi connectivity index (χ2v) is 6.59. The van der Waals surface area contributed by atoms with E-state index < -0.39 is 18.9 Å². The number of carbonyl (C=O) groups excluding carboxylic acids is 1. The van der Waals surface area contributed by atoms with Crippen LogP contribution in [-0.2, 0) is 4.74 Å². The fourth-order valence-electron chi connectivity index (χ4n) is 3.60. The van der Waals surface area contributed by atoms with Crippen molar-refractivity contribution in [2.45, 2.75) is 12.1 Å². The highest BCUT2D eigenvalue weighted by Crippen LogP contribution is 2.57. The van der Waals surface area contributed by atoms with Crippen molar-refractivity contribution in [3.63, 3.8) is 0 Å². The smallest absolute Gasteiger partial charge is 0.422 e. The zero-order chi connectivity index (χ0) is 18.5. The van der Waals surface area contributed by atoms with Gasteiger partial charge in [-0.1, -0.05) is 0 Å². The van der Waals surface area contributed by atoms with Crippen LogP contribution in [0.15, 0.2) is 36.5 Å². The number of hydrogen-bond acceptors (Lipinski definition) is 3. The van der Waals surface area contributed by atoms with E-state index in [4.69, 9.17) is 0 Å². The zero-order valence-corrected chi connectivity index (χ0v) is 13.5. The molecule has 5 nitrogen and oxygen atoms in total. The summed E-state index contributed by atoms with van der Waals surface area (Å²) in [6, 6.07) is 7.83. The highest BCUT2D eigenvalue weighted by molar-refractivity contribution is 5.68. The lowest BCUT2D eigenvalue weighted by Gasteiger charge is -2.19. The molecule has 2 unspecified atom stereocenters. The largest absolute Gasteiger partial charge is 0.440 e. The van der Waals surface area contributed by atoms with Crippen LogP contribution < -0.4 is 0 Å². The molecule has 26 heavy (non-hydrogen) atoms. The summed E-state index contributed by atoms with van der Waals surface area (Å²) < 4.78 is 55.3. The zero-order valence-electron chi connectivity index (χ0n) is 13.5. The van der Waals surface area contributed by atoms with Gasteiger partial charge in [-0.2, -0.15) is 18.3 Å². The molecule has 0 N–H and O–H groups in total. The van der Waals surface area contributed by atoms with Crippen molar-refractivity contribution in [2.75, 3.05) is 19.7 Å². The molecule has 138 valence electrons. The molecule has 1 saturated heterocycles. The molecule has 2 aliphatic rings. The summed E-state index contributed by atoms with van der Waals surface area (Å²) in [5.41, 5.74) is 1.61. The number of aromatic nitrogens is 2. The summed E-state index contributed by atoms with van der Waals surface area (Å²) in [5.74, 6) is 0.230. The number of hydrogen-bond donors (Lipinski definition) is 0. The molecule has 2 heterocycles. The Morgan fingerprint density at radius 2 is 1.81 bits per heavy atom. The molecule has 0 radical (unpaired) electrons. The maximum atomic E-state index is 13.0. The molecule has 1 aromatic carbocycles. The molecule has 0 spiro atoms. The number of halogens is 4. The van der Waals surface area contributed by atoms with Gasteiger partial charge in [-0.15, -0.1) is 0 Å². The Balaban J connectivity index is 1.35. The molecule has 0 bridgehead atoms. The van der Waals surface area contributed by atoms with Crippen molar-refractivity contribution in [1.29, 1.82) is 0 Å². The van der Waals surface area contributed by atoms with E-state index in [2.05, 4.69) is 9.84 Å². The topological polar surface area (TPSA) is 47.4 Å². The van der Waals surface area contributed by atoms with Gasteiger partial charge >= 0.3 is 12.3 Å². The molecule has 9 heteroatoms. The van der Waals surface area contributed by atoms with Crippen LogP contribution in [0.1, 0.15) is 11.6 Å². The quantitative estimate of drug-likeness (QED) is 0.780. The Hall–Kier alpha value is -2.58. The van der Waals surface area contributed by atoms with Crippen LogP contribution in [0.5, 0.6) is 0 Å². The number of benzene rings is 1. The third kappa shape index (κ3) is 3.25. The van der Waals surface area contributed by atoms with Gasteiger partial charge in [-0.05, 0) is 42.2 Å². The second-order valence-electron chi connectivity index (χ2n) is 6.59. The average Bonchev–Trinajstić information content (AvgIpc) is 2.96. The van der Waals surface area contributed by atoms with Crippen LogP contribution in [0, 0.1) is 17.7 Å². The number of likely N-dealkylation sites (tertiary alicyclic amines) is 1. The van der Waals surface area contributed by atoms with Gasteiger partial charge in [0.25, 0.3) is 0 Å². The van der Waals surface area contributed by atoms with E-state index in [0.29, 0.717) is 13.1 Å². The molecule has 4 rings (SSSR count). The first-order valence-electron chi connectivity index (χ1n) is 8.12. The Bertz CT molecular complexity index is 806. The van der Waals surface area contributed by atoms with E-state index in [-0.39, 0.29) is 23.6 Å². The normalized spacial score (nSPS) is 24.5. The Morgan fingerprint density at radius 3 is 2.42 bits per heavy atom. The molecular formula is C17H15F4N3O2. The minimum absolute atomic E-state index is 0.184. The molecule has 2 aromatic rings. The lowest BCUT2D eigenvalue weighted by Crippen LogP contribution is -2.34. The first-order chi connectivity index (χ1) is 12.3. The number of ether oxygens (including phenoxy) is 1. The van der Waals surface area contributed by atoms with Gasteiger partial charge in [0.15, 0.2) is 6.61 Å². The third-order valence-corrected chi connectivity index (χ3v) is 4.85. The predicted molar refractivity (Wildman–Crippen MR) is 82.2 cm³/mol. The Kier molecular flexibility index (Phi) is 3.89. The fourth-order valence-corrected chi connectivity index (χ4v) is 3.60. The highest BCUT2D eigenvalue weighted by Gasteiger charge is 2.58. The van der Waals surface area contributed by atoms with Crippen LogP contribution in [0.25, 0.3) is 5.69 Å². The molecular weight excluding hydrogens is 354 g/mol. The maximum absolute atomic E-state index is 13.0. The van der Waals surface area contributed by atoms with E-state index >= 15 is 0 Å². The van der Waals surface area contributed by atoms with Gasteiger partial charge < -0.3 is 9.64 Å². The van der Waals surface area contributed by atoms with Crippen LogP contribution >= 0.6 is 0 Å². The summed E-state index contributed by atoms with van der Waals surface area (Å²) in [7, 11) is 0. The SMILES string of the molecule is O=C(OCC(F)(F)F)N1CC2C(C1)C2c1ccn(-c2ccc(F)cc2)n1. The molecule has 1 aliphatic heterocycles. The minimum Gasteiger partial charge on any atom is -0.440 e. The first kappa shape index (κ1) is 16.9. The van der Waals surface area contributed by atoms with Crippen LogP contribution in [0.3, 0.4) is 0 Å². The molecule has 2 atom stereocenters. The van der Waals surface area contributed by atoms with Crippen LogP contribution in [0.2, 0.25) is 0 Å². The van der Waals surface area contributed by atoms with Crippen LogP contribution in [0.4, 0.5) is 22.4 Å². The lowest BCUT2D eigenvalue weighted by molar-refractivity contribution is -0.162. The molecule has 1 aromatic heterocycles. The van der Waals surface area contributed by atoms with Crippen molar-refractivity contribution < 1.29 is 27.1 Å². The van der Waals surface area contributed by atoms with E-state index in [1.165, 1.54) is 17.0 Å². The van der Waals surface area contributed by atoms with E-state index in [1.807, 2.05) is 6.07 Å². The summed E-state index contributed by atoms with van der Waals surface area (Å²) >= 11 is 0. The second kappa shape index (κ2) is 6.00. The van der Waals surface area contributed by atoms with Gasteiger partial charge in [-0.25, -0.2) is 13.9 Å². The number of carbonyl (C=O) groups is 1. The number of fused-ring (bicyclic) bond motifs is 1. The van der Waals surface area contributed by atoms with Gasteiger partial charge in [0, 0.05) is 25.2 Å². The third-order valence-electron chi connectivity index (χ3n) is 4.85. The summed E-state index contributed by atoms with van der Waals surface area (Å²) in [6.45, 7) is -0.825. The van der Waals surface area contributed by atoms with E-state index in [9.17, 15) is 22.4 Å². The van der Waals surface area contributed by atoms with Crippen molar-refractivity contribution in [3.05, 3.63) is 48.0 Å². The Labute approximate surface area is 146 Å². The first-order valence-corrected chi connectivity index (χ1v) is 8.12. The van der Waals surface area contributed by atoms with Gasteiger partial charge in [0.05, 0.1) is 11.4 Å². The number of amides is 1. The standard InChI is InChI=1S/C17H15F4N3O2/c18-10-1-3-11(4-2-10)24-6-5-14(22-24)15-12-7-23(8-13(12)15)16(25)26-9-17(19,20)21/h1-6,12-13,15H,7-9H2. The molecule has 1 aliphatic carbocycles. The van der Waals surface area contributed by atoms with Crippen molar-refractivity contribution in [3.8, 4) is 5.69 Å². The average molecular weight is 369 g/mol. The van der Waals surface area contributed by atoms with Gasteiger partial charge in [0.2, 0.25) is 0 Å². The molecule has 1 amide bonds. The number of nitrogens with zero attached hydrogens (tertiary/aromatic N) is 3. The monoisotopic (exact) mass is 369 g/mol. The maximum Gasteiger partial charge on any atom is 0.422 e. The predicted octanol–water partition coefficient (Wildman–Crippen LogP) is 3.36. The number of piperidine rings is 1. The van der Waals surface area contributed by atoms with E-state index in [0.717, 1.165) is 11.4 Å². The molecule has 2 fully saturated rings. The van der Waals surface area contributed by atoms with Crippen molar-refractivity contribution in [2.24, 2.45) is 11.8 Å². The van der Waals surface area contributed by atoms with Crippen molar-refractivity contribution >= 4 is 6.09 Å². The molecule has 1 saturated carbocycles. The number of rotatable bonds is 3. The van der Waals surface area contributed by atoms with Gasteiger partial charge in [-0.3, -0.25) is 0 Å². The highest BCUT2D eigenvalue weighted by atomic mass is 19.4. The fraction of sp³-hybridized carbons (Fsp3) is 0.412.